The number of carbonyl (C=O) groups is 2. The summed E-state index contributed by atoms with van der Waals surface area (Å²) in [6.07, 6.45) is 3.34. The molecule has 8 nitrogen and oxygen atoms in total. The number of rotatable bonds is 8. The number of thioether (sulfide) groups is 1. The van der Waals surface area contributed by atoms with E-state index in [1.165, 1.54) is 23.8 Å². The first-order chi connectivity index (χ1) is 14.5. The van der Waals surface area contributed by atoms with Crippen LogP contribution in [-0.2, 0) is 16.1 Å². The maximum atomic E-state index is 12.8. The van der Waals surface area contributed by atoms with Gasteiger partial charge in [0.2, 0.25) is 5.91 Å². The van der Waals surface area contributed by atoms with Gasteiger partial charge in [-0.3, -0.25) is 9.36 Å². The highest BCUT2D eigenvalue weighted by molar-refractivity contribution is 7.99. The third kappa shape index (κ3) is 4.30. The third-order valence-electron chi connectivity index (χ3n) is 4.50. The lowest BCUT2D eigenvalue weighted by Crippen LogP contribution is -2.29. The number of anilines is 1. The molecule has 1 aromatic carbocycles. The van der Waals surface area contributed by atoms with Gasteiger partial charge in [-0.25, -0.2) is 4.79 Å². The number of hydrogen-bond donors (Lipinski definition) is 0. The van der Waals surface area contributed by atoms with Crippen LogP contribution in [0.2, 0.25) is 0 Å². The average Bonchev–Trinajstić information content (AvgIpc) is 3.36. The molecule has 3 aromatic rings. The van der Waals surface area contributed by atoms with Gasteiger partial charge in [-0.05, 0) is 25.1 Å². The van der Waals surface area contributed by atoms with Gasteiger partial charge in [0.1, 0.15) is 5.76 Å². The van der Waals surface area contributed by atoms with Crippen LogP contribution in [0.1, 0.15) is 16.1 Å². The minimum atomic E-state index is -0.497. The predicted molar refractivity (Wildman–Crippen MR) is 115 cm³/mol. The summed E-state index contributed by atoms with van der Waals surface area (Å²) >= 11 is 1.27. The van der Waals surface area contributed by atoms with Crippen LogP contribution in [-0.4, -0.2) is 46.6 Å². The van der Waals surface area contributed by atoms with E-state index < -0.39 is 5.97 Å². The van der Waals surface area contributed by atoms with Crippen molar-refractivity contribution in [2.45, 2.75) is 18.6 Å². The van der Waals surface area contributed by atoms with E-state index in [-0.39, 0.29) is 11.7 Å². The van der Waals surface area contributed by atoms with Gasteiger partial charge in [-0.2, -0.15) is 0 Å². The Morgan fingerprint density at radius 3 is 2.73 bits per heavy atom. The first kappa shape index (κ1) is 21.4. The monoisotopic (exact) mass is 426 g/mol. The summed E-state index contributed by atoms with van der Waals surface area (Å²) in [6.45, 7) is 6.13. The van der Waals surface area contributed by atoms with Gasteiger partial charge in [0.25, 0.3) is 0 Å². The Labute approximate surface area is 178 Å². The van der Waals surface area contributed by atoms with E-state index in [1.54, 1.807) is 43.7 Å². The van der Waals surface area contributed by atoms with Crippen molar-refractivity contribution < 1.29 is 18.7 Å². The highest BCUT2D eigenvalue weighted by atomic mass is 32.2. The predicted octanol–water partition coefficient (Wildman–Crippen LogP) is 3.57. The minimum Gasteiger partial charge on any atom is -0.469 e. The van der Waals surface area contributed by atoms with Crippen LogP contribution in [0.5, 0.6) is 0 Å². The summed E-state index contributed by atoms with van der Waals surface area (Å²) < 4.78 is 12.1. The number of benzene rings is 1. The number of carbonyl (C=O) groups excluding carboxylic acids is 2. The highest BCUT2D eigenvalue weighted by Crippen LogP contribution is 2.28. The number of methoxy groups -OCH3 is 1. The zero-order chi connectivity index (χ0) is 21.7. The van der Waals surface area contributed by atoms with Gasteiger partial charge in [-0.15, -0.1) is 16.8 Å². The Hall–Kier alpha value is -3.33. The van der Waals surface area contributed by atoms with Crippen LogP contribution in [0.4, 0.5) is 5.69 Å². The number of aryl methyl sites for hydroxylation is 1. The quantitative estimate of drug-likeness (QED) is 0.309. The summed E-state index contributed by atoms with van der Waals surface area (Å²) in [5.41, 5.74) is 1.65. The second-order valence-corrected chi connectivity index (χ2v) is 7.29. The second kappa shape index (κ2) is 9.45. The molecule has 2 aromatic heterocycles. The van der Waals surface area contributed by atoms with Gasteiger partial charge in [0, 0.05) is 13.6 Å². The first-order valence-electron chi connectivity index (χ1n) is 9.13. The summed E-state index contributed by atoms with van der Waals surface area (Å²) in [5, 5.41) is 9.09. The average molecular weight is 426 g/mol. The van der Waals surface area contributed by atoms with E-state index in [0.717, 1.165) is 11.3 Å². The first-order valence-corrected chi connectivity index (χ1v) is 10.1. The molecule has 0 atom stereocenters. The maximum Gasteiger partial charge on any atom is 0.339 e. The molecule has 9 heteroatoms. The fraction of sp³-hybridized carbons (Fsp3) is 0.238. The zero-order valence-electron chi connectivity index (χ0n) is 17.0. The molecule has 0 aliphatic heterocycles. The number of furan rings is 1. The molecule has 0 N–H and O–H groups in total. The van der Waals surface area contributed by atoms with E-state index in [2.05, 4.69) is 16.8 Å². The number of esters is 1. The lowest BCUT2D eigenvalue weighted by Gasteiger charge is -2.19. The van der Waals surface area contributed by atoms with E-state index in [9.17, 15) is 9.59 Å². The van der Waals surface area contributed by atoms with Crippen molar-refractivity contribution in [1.29, 1.82) is 0 Å². The Morgan fingerprint density at radius 2 is 2.07 bits per heavy atom. The molecule has 0 aliphatic carbocycles. The normalized spacial score (nSPS) is 10.6. The lowest BCUT2D eigenvalue weighted by molar-refractivity contribution is -0.115. The number of aromatic nitrogens is 3. The van der Waals surface area contributed by atoms with Crippen molar-refractivity contribution in [1.82, 2.24) is 14.8 Å². The van der Waals surface area contributed by atoms with Crippen LogP contribution < -0.4 is 4.90 Å². The molecule has 156 valence electrons. The number of amides is 1. The molecule has 0 bridgehead atoms. The highest BCUT2D eigenvalue weighted by Gasteiger charge is 2.21. The van der Waals surface area contributed by atoms with Gasteiger partial charge in [-0.1, -0.05) is 30.0 Å². The van der Waals surface area contributed by atoms with Gasteiger partial charge >= 0.3 is 5.97 Å². The van der Waals surface area contributed by atoms with Crippen molar-refractivity contribution in [2.24, 2.45) is 0 Å². The van der Waals surface area contributed by atoms with Crippen LogP contribution in [0.25, 0.3) is 11.4 Å². The molecule has 0 unspecified atom stereocenters. The van der Waals surface area contributed by atoms with Crippen molar-refractivity contribution in [3.63, 3.8) is 0 Å². The number of nitrogens with zero attached hydrogens (tertiary/aromatic N) is 4. The van der Waals surface area contributed by atoms with Gasteiger partial charge in [0.15, 0.2) is 11.0 Å². The van der Waals surface area contributed by atoms with Crippen LogP contribution in [0.3, 0.4) is 0 Å². The second-order valence-electron chi connectivity index (χ2n) is 6.35. The Bertz CT molecular complexity index is 1070. The molecular weight excluding hydrogens is 404 g/mol. The lowest BCUT2D eigenvalue weighted by atomic mass is 10.1. The van der Waals surface area contributed by atoms with E-state index in [1.807, 2.05) is 17.6 Å². The molecule has 0 saturated heterocycles. The van der Waals surface area contributed by atoms with Crippen molar-refractivity contribution in [3.05, 3.63) is 60.6 Å². The van der Waals surface area contributed by atoms with Gasteiger partial charge in [0.05, 0.1) is 35.9 Å². The van der Waals surface area contributed by atoms with E-state index in [4.69, 9.17) is 9.15 Å². The molecule has 0 saturated carbocycles. The summed E-state index contributed by atoms with van der Waals surface area (Å²) in [4.78, 5) is 26.2. The van der Waals surface area contributed by atoms with Crippen LogP contribution in [0, 0.1) is 6.92 Å². The Balaban J connectivity index is 1.78. The number of para-hydroxylation sites is 1. The number of ether oxygens (including phenoxy) is 1. The maximum absolute atomic E-state index is 12.8. The molecule has 0 radical (unpaired) electrons. The zero-order valence-corrected chi connectivity index (χ0v) is 17.8. The topological polar surface area (TPSA) is 90.5 Å². The van der Waals surface area contributed by atoms with Crippen LogP contribution in [0.15, 0.2) is 58.8 Å². The number of allylic oxidation sites excluding steroid dienone is 1. The molecule has 0 fully saturated rings. The minimum absolute atomic E-state index is 0.117. The fourth-order valence-corrected chi connectivity index (χ4v) is 3.77. The largest absolute Gasteiger partial charge is 0.469 e. The molecule has 2 heterocycles. The molecule has 0 aliphatic rings. The smallest absolute Gasteiger partial charge is 0.339 e. The molecule has 1 amide bonds. The fourth-order valence-electron chi connectivity index (χ4n) is 2.91. The van der Waals surface area contributed by atoms with Crippen LogP contribution >= 0.6 is 11.8 Å². The third-order valence-corrected chi connectivity index (χ3v) is 5.45. The van der Waals surface area contributed by atoms with Gasteiger partial charge < -0.3 is 14.1 Å². The molecule has 3 rings (SSSR count). The molecule has 0 spiro atoms. The SMILES string of the molecule is C=CCn1c(SCC(=O)N(C)c2ccccc2C(=O)OC)nnc1-c1ccoc1C. The standard InChI is InChI=1S/C21H22N4O4S/c1-5-11-25-19(15-10-12-29-14(15)2)22-23-21(25)30-13-18(26)24(3)17-9-7-6-8-16(17)20(27)28-4/h5-10,12H,1,11,13H2,2-4H3. The van der Waals surface area contributed by atoms with Crippen molar-refractivity contribution >= 4 is 29.3 Å². The Kier molecular flexibility index (Phi) is 6.73. The number of hydrogen-bond acceptors (Lipinski definition) is 7. The van der Waals surface area contributed by atoms with Crippen molar-refractivity contribution in [3.8, 4) is 11.4 Å². The summed E-state index contributed by atoms with van der Waals surface area (Å²) in [5.74, 6) is 0.820. The summed E-state index contributed by atoms with van der Waals surface area (Å²) in [7, 11) is 2.93. The van der Waals surface area contributed by atoms with E-state index in [0.29, 0.717) is 28.8 Å². The van der Waals surface area contributed by atoms with Crippen molar-refractivity contribution in [2.75, 3.05) is 24.8 Å². The molecule has 30 heavy (non-hydrogen) atoms. The van der Waals surface area contributed by atoms with E-state index >= 15 is 0 Å². The summed E-state index contributed by atoms with van der Waals surface area (Å²) in [6, 6.07) is 8.64. The molecular formula is C21H22N4O4S. The Morgan fingerprint density at radius 1 is 1.30 bits per heavy atom.